The molecule has 0 saturated heterocycles. The van der Waals surface area contributed by atoms with Gasteiger partial charge in [0, 0.05) is 154 Å². The quantitative estimate of drug-likeness (QED) is 0.127. The Balaban J connectivity index is 0.000000104. The largest absolute Gasteiger partial charge is 0.454 e. The number of hydrogen-bond acceptors (Lipinski definition) is 5. The predicted octanol–water partition coefficient (Wildman–Crippen LogP) is 34.2. The van der Waals surface area contributed by atoms with Gasteiger partial charge < -0.3 is 22.1 Å². The molecule has 0 bridgehead atoms. The average Bonchev–Trinajstić information content (AvgIpc) is 1.61. The van der Waals surface area contributed by atoms with Crippen LogP contribution in [-0.4, -0.2) is 0 Å². The van der Waals surface area contributed by atoms with Gasteiger partial charge in [-0.2, -0.15) is 0 Å². The highest BCUT2D eigenvalue weighted by Crippen LogP contribution is 2.49. The molecular weight excluding hydrogens is 1760 g/mol. The van der Waals surface area contributed by atoms with Crippen LogP contribution in [0.4, 0.5) is 0 Å². The fourth-order valence-corrected chi connectivity index (χ4v) is 22.5. The molecule has 144 heavy (non-hydrogen) atoms. The lowest BCUT2D eigenvalue weighted by molar-refractivity contribution is -0.660. The van der Waals surface area contributed by atoms with Crippen LogP contribution >= 0.6 is 0 Å². The first-order valence-electron chi connectivity index (χ1n) is 55.1. The van der Waals surface area contributed by atoms with Crippen LogP contribution in [-0.2, 0) is 41.6 Å². The van der Waals surface area contributed by atoms with E-state index in [2.05, 4.69) is 317 Å². The lowest BCUT2D eigenvalue weighted by atomic mass is 9.84. The summed E-state index contributed by atoms with van der Waals surface area (Å²) in [5.74, 6) is -3.32. The molecule has 710 valence electrons. The number of furan rings is 5. The third kappa shape index (κ3) is 16.5. The molecule has 0 radical (unpaired) electrons. The van der Waals surface area contributed by atoms with Crippen molar-refractivity contribution in [1.29, 1.82) is 0 Å². The summed E-state index contributed by atoms with van der Waals surface area (Å²) in [6.45, 7) is 15.0. The van der Waals surface area contributed by atoms with Crippen molar-refractivity contribution in [3.05, 3.63) is 390 Å². The van der Waals surface area contributed by atoms with E-state index in [0.29, 0.717) is 11.1 Å². The Morgan fingerprint density at radius 3 is 0.785 bits per heavy atom. The molecule has 2 saturated carbocycles. The first-order chi connectivity index (χ1) is 73.4. The molecule has 10 heteroatoms. The maximum atomic E-state index is 9.15. The van der Waals surface area contributed by atoms with E-state index in [-0.39, 0.29) is 0 Å². The SMILES string of the molecule is [2H]C(C)(C)c1cc[n+](C)c(-c2c(C)ccc3c2oc2c4ccccc4ccc32)c1.[2H]C([2H])(C)c1cc[n+](C)c(-c2c(C)ccc3c2oc2c4ccccc4ccc32)c1.[2H]C([2H])([2H])C([2H])(C)c1cc[n+](C)c(-c2c(C)ccc3c2oc2c4ccccc4ccc32)c1.[2H]C1(c2cc[n+](C)c(-c3c(C)ccc4c3oc3c5ccccc5ccc43)c2)CCCC1.[2H]C1(c2cc[n+](C)c(-c3c(C)ccc4c3oc3c5ccccc5ccc43)c2)CCCCC1. The zero-order valence-electron chi connectivity index (χ0n) is 93.4. The third-order valence-corrected chi connectivity index (χ3v) is 30.5. The van der Waals surface area contributed by atoms with Gasteiger partial charge in [-0.15, -0.1) is 0 Å². The van der Waals surface area contributed by atoms with Crippen LogP contribution in [0.5, 0.6) is 0 Å². The molecule has 0 spiro atoms. The monoisotopic (exact) mass is 1890 g/mol. The minimum absolute atomic E-state index is 0.448. The summed E-state index contributed by atoms with van der Waals surface area (Å²) in [6, 6.07) is 105. The summed E-state index contributed by atoms with van der Waals surface area (Å²) >= 11 is 0. The molecule has 10 aromatic heterocycles. The van der Waals surface area contributed by atoms with E-state index in [1.54, 1.807) is 13.0 Å². The molecule has 25 aromatic rings. The summed E-state index contributed by atoms with van der Waals surface area (Å²) in [5.41, 5.74) is 29.3. The lowest BCUT2D eigenvalue weighted by Gasteiger charge is -2.21. The number of benzene rings is 15. The highest BCUT2D eigenvalue weighted by Gasteiger charge is 2.32. The van der Waals surface area contributed by atoms with E-state index in [4.69, 9.17) is 34.4 Å². The first kappa shape index (κ1) is 82.0. The topological polar surface area (TPSA) is 85.1 Å². The molecule has 2 aliphatic rings. The number of fused-ring (bicyclic) bond motifs is 25. The Morgan fingerprint density at radius 2 is 0.507 bits per heavy atom. The summed E-state index contributed by atoms with van der Waals surface area (Å²) in [6.07, 6.45) is 18.2. The first-order valence-corrected chi connectivity index (χ1v) is 50.6. The number of pyridine rings is 5. The van der Waals surface area contributed by atoms with Gasteiger partial charge in [-0.1, -0.05) is 279 Å². The minimum Gasteiger partial charge on any atom is -0.454 e. The van der Waals surface area contributed by atoms with Crippen molar-refractivity contribution >= 4 is 164 Å². The second kappa shape index (κ2) is 38.0. The molecule has 10 nitrogen and oxygen atoms in total. The zero-order valence-corrected chi connectivity index (χ0v) is 84.4. The van der Waals surface area contributed by atoms with Crippen LogP contribution in [0.3, 0.4) is 0 Å². The van der Waals surface area contributed by atoms with E-state index < -0.39 is 36.8 Å². The van der Waals surface area contributed by atoms with Crippen LogP contribution in [0.1, 0.15) is 184 Å². The van der Waals surface area contributed by atoms with E-state index >= 15 is 0 Å². The Kier molecular flexibility index (Phi) is 21.6. The van der Waals surface area contributed by atoms with Crippen molar-refractivity contribution in [2.45, 2.75) is 157 Å². The molecule has 0 N–H and O–H groups in total. The van der Waals surface area contributed by atoms with Gasteiger partial charge in [0.15, 0.2) is 31.0 Å². The van der Waals surface area contributed by atoms with Crippen molar-refractivity contribution in [3.63, 3.8) is 0 Å². The Hall–Kier alpha value is -15.7. The third-order valence-electron chi connectivity index (χ3n) is 30.5. The summed E-state index contributed by atoms with van der Waals surface area (Å²) in [5, 5.41) is 22.5. The standard InChI is InChI=1S/C29H28NO.C28H26NO.2C26H24NO.C25H22NO/c1-19-12-14-25-24-15-13-21-10-6-7-11-23(21)28(24)31-29(25)27(19)26-18-22(16-17-30(26)2)20-8-4-3-5-9-20;1-18-11-13-24-23-14-12-20-9-5-6-10-22(20)27(23)30-28(24)26(18)25-17-21(15-16-29(25)2)19-7-3-4-8-19;2*1-16(2)19-13-14-27(4)23(15-19)24-17(3)9-11-22-21-12-10-18-7-5-6-8-20(18)25(21)28-26(22)24;1-4-17-13-14-26(3)22(15-17)23-16(2)9-11-21-20-12-10-18-7-5-6-8-19(18)24(20)27-25(21)23/h6-7,10-18,20H,3-5,8-9H2,1-2H3;5-6,9-17,19H,3-4,7-8H2,1-2H3;2*5-16H,1-4H3;5-15H,4H2,1-3H3/q5*+1/i20D;19D;1D3,16D;16D;4D2. The highest BCUT2D eigenvalue weighted by molar-refractivity contribution is 6.22. The van der Waals surface area contributed by atoms with E-state index in [9.17, 15) is 0 Å². The smallest absolute Gasteiger partial charge is 0.216 e. The molecule has 1 atom stereocenters. The van der Waals surface area contributed by atoms with Gasteiger partial charge in [0.25, 0.3) is 0 Å². The van der Waals surface area contributed by atoms with Gasteiger partial charge >= 0.3 is 0 Å². The Bertz CT molecular complexity index is 9690. The normalized spacial score (nSPS) is 15.2. The molecule has 10 heterocycles. The zero-order chi connectivity index (χ0) is 107. The molecule has 0 amide bonds. The minimum atomic E-state index is -2.44. The fraction of sp³-hybridized carbons (Fsp3) is 0.216. The van der Waals surface area contributed by atoms with Crippen molar-refractivity contribution < 1.29 is 57.3 Å². The second-order valence-corrected chi connectivity index (χ2v) is 39.9. The lowest BCUT2D eigenvalue weighted by Crippen LogP contribution is -2.31. The van der Waals surface area contributed by atoms with Crippen molar-refractivity contribution in [1.82, 2.24) is 0 Å². The van der Waals surface area contributed by atoms with Crippen molar-refractivity contribution in [2.24, 2.45) is 35.2 Å². The summed E-state index contributed by atoms with van der Waals surface area (Å²) < 4.78 is 118. The predicted molar refractivity (Wildman–Crippen MR) is 597 cm³/mol. The van der Waals surface area contributed by atoms with Crippen LogP contribution in [0.25, 0.3) is 220 Å². The number of rotatable bonds is 10. The van der Waals surface area contributed by atoms with Gasteiger partial charge in [-0.25, -0.2) is 22.8 Å². The summed E-state index contributed by atoms with van der Waals surface area (Å²) in [4.78, 5) is 0. The van der Waals surface area contributed by atoms with Crippen molar-refractivity contribution in [3.8, 4) is 56.3 Å². The van der Waals surface area contributed by atoms with E-state index in [1.165, 1.54) is 40.6 Å². The Labute approximate surface area is 854 Å². The van der Waals surface area contributed by atoms with E-state index in [0.717, 1.165) is 288 Å². The number of hydrogen-bond donors (Lipinski definition) is 0. The fourth-order valence-electron chi connectivity index (χ4n) is 22.5. The van der Waals surface area contributed by atoms with Crippen LogP contribution < -0.4 is 22.8 Å². The van der Waals surface area contributed by atoms with Crippen LogP contribution in [0, 0.1) is 34.6 Å². The molecule has 15 aromatic carbocycles. The summed E-state index contributed by atoms with van der Waals surface area (Å²) in [7, 11) is 10.1. The maximum absolute atomic E-state index is 9.15. The van der Waals surface area contributed by atoms with Crippen molar-refractivity contribution in [2.75, 3.05) is 0 Å². The van der Waals surface area contributed by atoms with Crippen LogP contribution in [0.15, 0.2) is 356 Å². The molecule has 2 aliphatic carbocycles. The van der Waals surface area contributed by atoms with Gasteiger partial charge in [-0.3, -0.25) is 0 Å². The molecular formula is C134H124N5O5+5. The highest BCUT2D eigenvalue weighted by atomic mass is 16.3. The average molecular weight is 1890 g/mol. The van der Waals surface area contributed by atoms with Gasteiger partial charge in [-0.05, 0) is 203 Å². The number of nitrogens with zero attached hydrogens (tertiary/aromatic N) is 5. The van der Waals surface area contributed by atoms with E-state index in [1.807, 2.05) is 118 Å². The van der Waals surface area contributed by atoms with Crippen LogP contribution in [0.2, 0.25) is 0 Å². The molecule has 2 fully saturated rings. The Morgan fingerprint density at radius 1 is 0.271 bits per heavy atom. The maximum Gasteiger partial charge on any atom is 0.216 e. The van der Waals surface area contributed by atoms with Gasteiger partial charge in [0.2, 0.25) is 28.5 Å². The van der Waals surface area contributed by atoms with Gasteiger partial charge in [0.1, 0.15) is 91.1 Å². The second-order valence-electron chi connectivity index (χ2n) is 39.9. The molecule has 1 unspecified atom stereocenters. The molecule has 27 rings (SSSR count). The van der Waals surface area contributed by atoms with Gasteiger partial charge in [0.05, 0.1) is 27.8 Å². The number of aryl methyl sites for hydroxylation is 11. The number of aromatic nitrogens is 5. The molecule has 0 aliphatic heterocycles.